The lowest BCUT2D eigenvalue weighted by molar-refractivity contribution is -0.118. The predicted octanol–water partition coefficient (Wildman–Crippen LogP) is 2.12. The number of carboxylic acids is 1. The fourth-order valence-corrected chi connectivity index (χ4v) is 2.27. The molecular weight excluding hydrogens is 268 g/mol. The number of benzene rings is 1. The third-order valence-corrected chi connectivity index (χ3v) is 3.33. The first-order chi connectivity index (χ1) is 9.08. The summed E-state index contributed by atoms with van der Waals surface area (Å²) in [5.74, 6) is -1.31. The van der Waals surface area contributed by atoms with Crippen LogP contribution in [0.1, 0.15) is 29.6 Å². The molecule has 0 spiro atoms. The maximum absolute atomic E-state index is 12.0. The quantitative estimate of drug-likeness (QED) is 0.793. The van der Waals surface area contributed by atoms with E-state index in [9.17, 15) is 9.59 Å². The fourth-order valence-electron chi connectivity index (χ4n) is 2.10. The minimum Gasteiger partial charge on any atom is -0.478 e. The number of rotatable bonds is 3. The van der Waals surface area contributed by atoms with Gasteiger partial charge in [-0.15, -0.1) is 0 Å². The molecule has 1 aromatic carbocycles. The molecule has 0 bridgehead atoms. The highest BCUT2D eigenvalue weighted by atomic mass is 35.5. The van der Waals surface area contributed by atoms with E-state index in [0.29, 0.717) is 5.02 Å². The van der Waals surface area contributed by atoms with Crippen LogP contribution in [0.5, 0.6) is 0 Å². The van der Waals surface area contributed by atoms with Crippen LogP contribution < -0.4 is 10.6 Å². The molecule has 0 radical (unpaired) electrons. The van der Waals surface area contributed by atoms with Crippen molar-refractivity contribution < 1.29 is 14.7 Å². The van der Waals surface area contributed by atoms with Crippen LogP contribution in [0.15, 0.2) is 18.2 Å². The van der Waals surface area contributed by atoms with Crippen molar-refractivity contribution in [3.8, 4) is 0 Å². The fraction of sp³-hybridized carbons (Fsp3) is 0.385. The second kappa shape index (κ2) is 6.04. The summed E-state index contributed by atoms with van der Waals surface area (Å²) in [5, 5.41) is 15.2. The van der Waals surface area contributed by atoms with Crippen LogP contribution in [-0.4, -0.2) is 29.6 Å². The molecule has 1 unspecified atom stereocenters. The molecule has 1 aromatic rings. The molecule has 0 saturated carbocycles. The minimum atomic E-state index is -1.09. The van der Waals surface area contributed by atoms with Crippen molar-refractivity contribution in [1.82, 2.24) is 5.32 Å². The van der Waals surface area contributed by atoms with Gasteiger partial charge in [-0.2, -0.15) is 0 Å². The van der Waals surface area contributed by atoms with Crippen LogP contribution in [-0.2, 0) is 4.79 Å². The highest BCUT2D eigenvalue weighted by Gasteiger charge is 2.22. The van der Waals surface area contributed by atoms with E-state index in [-0.39, 0.29) is 23.2 Å². The summed E-state index contributed by atoms with van der Waals surface area (Å²) in [5.41, 5.74) is 0.269. The SMILES string of the molecule is O=C(O)c1ccc(Cl)cc1NC(=O)C1CCCCN1. The molecule has 2 rings (SSSR count). The van der Waals surface area contributed by atoms with Gasteiger partial charge in [-0.1, -0.05) is 18.0 Å². The molecule has 0 aliphatic carbocycles. The average Bonchev–Trinajstić information content (AvgIpc) is 2.39. The first-order valence-electron chi connectivity index (χ1n) is 6.15. The van der Waals surface area contributed by atoms with Crippen LogP contribution in [0.3, 0.4) is 0 Å². The molecule has 1 fully saturated rings. The molecule has 1 saturated heterocycles. The van der Waals surface area contributed by atoms with E-state index in [0.717, 1.165) is 25.8 Å². The monoisotopic (exact) mass is 282 g/mol. The van der Waals surface area contributed by atoms with Crippen molar-refractivity contribution in [1.29, 1.82) is 0 Å². The standard InChI is InChI=1S/C13H15ClN2O3/c14-8-4-5-9(13(18)19)11(7-8)16-12(17)10-3-1-2-6-15-10/h4-5,7,10,15H,1-3,6H2,(H,16,17)(H,18,19). The number of anilines is 1. The van der Waals surface area contributed by atoms with Gasteiger partial charge in [-0.25, -0.2) is 4.79 Å². The molecule has 3 N–H and O–H groups in total. The molecule has 19 heavy (non-hydrogen) atoms. The second-order valence-corrected chi connectivity index (χ2v) is 4.92. The van der Waals surface area contributed by atoms with Gasteiger partial charge in [0.1, 0.15) is 0 Å². The Morgan fingerprint density at radius 1 is 1.37 bits per heavy atom. The average molecular weight is 283 g/mol. The van der Waals surface area contributed by atoms with Gasteiger partial charge >= 0.3 is 5.97 Å². The Morgan fingerprint density at radius 3 is 2.79 bits per heavy atom. The van der Waals surface area contributed by atoms with E-state index in [2.05, 4.69) is 10.6 Å². The van der Waals surface area contributed by atoms with Crippen LogP contribution in [0, 0.1) is 0 Å². The number of hydrogen-bond acceptors (Lipinski definition) is 3. The van der Waals surface area contributed by atoms with Gasteiger partial charge in [0.25, 0.3) is 0 Å². The van der Waals surface area contributed by atoms with Gasteiger partial charge < -0.3 is 15.7 Å². The largest absolute Gasteiger partial charge is 0.478 e. The van der Waals surface area contributed by atoms with E-state index in [1.807, 2.05) is 0 Å². The molecule has 1 atom stereocenters. The Kier molecular flexibility index (Phi) is 4.39. The Hall–Kier alpha value is -1.59. The van der Waals surface area contributed by atoms with Gasteiger partial charge in [-0.3, -0.25) is 4.79 Å². The van der Waals surface area contributed by atoms with Gasteiger partial charge in [0, 0.05) is 5.02 Å². The van der Waals surface area contributed by atoms with Gasteiger partial charge in [0.05, 0.1) is 17.3 Å². The van der Waals surface area contributed by atoms with E-state index >= 15 is 0 Å². The summed E-state index contributed by atoms with van der Waals surface area (Å²) in [6.45, 7) is 0.805. The molecule has 0 aromatic heterocycles. The van der Waals surface area contributed by atoms with Crippen molar-refractivity contribution in [2.24, 2.45) is 0 Å². The number of nitrogens with one attached hydrogen (secondary N) is 2. The van der Waals surface area contributed by atoms with Crippen LogP contribution in [0.2, 0.25) is 5.02 Å². The van der Waals surface area contributed by atoms with E-state index in [1.165, 1.54) is 18.2 Å². The number of piperidine rings is 1. The lowest BCUT2D eigenvalue weighted by Crippen LogP contribution is -2.43. The molecular formula is C13H15ClN2O3. The Labute approximate surface area is 116 Å². The number of amides is 1. The molecule has 6 heteroatoms. The van der Waals surface area contributed by atoms with Crippen molar-refractivity contribution in [2.75, 3.05) is 11.9 Å². The van der Waals surface area contributed by atoms with Crippen LogP contribution in [0.4, 0.5) is 5.69 Å². The summed E-state index contributed by atoms with van der Waals surface area (Å²) in [4.78, 5) is 23.1. The molecule has 5 nitrogen and oxygen atoms in total. The summed E-state index contributed by atoms with van der Waals surface area (Å²) in [7, 11) is 0. The normalized spacial score (nSPS) is 18.9. The number of hydrogen-bond donors (Lipinski definition) is 3. The van der Waals surface area contributed by atoms with Crippen molar-refractivity contribution in [2.45, 2.75) is 25.3 Å². The molecule has 102 valence electrons. The minimum absolute atomic E-state index is 0.0357. The number of carbonyl (C=O) groups is 2. The third-order valence-electron chi connectivity index (χ3n) is 3.10. The van der Waals surface area contributed by atoms with Crippen molar-refractivity contribution >= 4 is 29.2 Å². The summed E-state index contributed by atoms with van der Waals surface area (Å²) < 4.78 is 0. The maximum atomic E-state index is 12.0. The number of aromatic carboxylic acids is 1. The first-order valence-corrected chi connectivity index (χ1v) is 6.53. The maximum Gasteiger partial charge on any atom is 0.337 e. The predicted molar refractivity (Wildman–Crippen MR) is 72.7 cm³/mol. The lowest BCUT2D eigenvalue weighted by Gasteiger charge is -2.22. The Morgan fingerprint density at radius 2 is 2.16 bits per heavy atom. The smallest absolute Gasteiger partial charge is 0.337 e. The van der Waals surface area contributed by atoms with Gasteiger partial charge in [0.15, 0.2) is 0 Å². The molecule has 1 aliphatic rings. The van der Waals surface area contributed by atoms with Gasteiger partial charge in [0.2, 0.25) is 5.91 Å². The van der Waals surface area contributed by atoms with E-state index < -0.39 is 5.97 Å². The third kappa shape index (κ3) is 3.45. The van der Waals surface area contributed by atoms with Crippen LogP contribution in [0.25, 0.3) is 0 Å². The summed E-state index contributed by atoms with van der Waals surface area (Å²) in [6, 6.07) is 4.05. The van der Waals surface area contributed by atoms with Gasteiger partial charge in [-0.05, 0) is 37.6 Å². The zero-order valence-electron chi connectivity index (χ0n) is 10.3. The topological polar surface area (TPSA) is 78.4 Å². The van der Waals surface area contributed by atoms with Crippen LogP contribution >= 0.6 is 11.6 Å². The highest BCUT2D eigenvalue weighted by molar-refractivity contribution is 6.31. The number of carbonyl (C=O) groups excluding carboxylic acids is 1. The number of carboxylic acid groups (broad SMARTS) is 1. The molecule has 1 amide bonds. The molecule has 1 heterocycles. The highest BCUT2D eigenvalue weighted by Crippen LogP contribution is 2.22. The summed E-state index contributed by atoms with van der Waals surface area (Å²) in [6.07, 6.45) is 2.81. The second-order valence-electron chi connectivity index (χ2n) is 4.49. The summed E-state index contributed by atoms with van der Waals surface area (Å²) >= 11 is 5.83. The first kappa shape index (κ1) is 13.8. The zero-order chi connectivity index (χ0) is 13.8. The Balaban J connectivity index is 2.15. The van der Waals surface area contributed by atoms with Crippen molar-refractivity contribution in [3.05, 3.63) is 28.8 Å². The number of halogens is 1. The molecule has 1 aliphatic heterocycles. The van der Waals surface area contributed by atoms with Crippen molar-refractivity contribution in [3.63, 3.8) is 0 Å². The Bertz CT molecular complexity index is 499. The zero-order valence-corrected chi connectivity index (χ0v) is 11.0. The van der Waals surface area contributed by atoms with E-state index in [4.69, 9.17) is 16.7 Å². The van der Waals surface area contributed by atoms with E-state index in [1.54, 1.807) is 0 Å². The lowest BCUT2D eigenvalue weighted by atomic mass is 10.0.